The molecule has 0 amide bonds. The van der Waals surface area contributed by atoms with E-state index >= 15 is 0 Å². The van der Waals surface area contributed by atoms with Crippen molar-refractivity contribution in [1.29, 1.82) is 0 Å². The molecule has 0 saturated heterocycles. The topological polar surface area (TPSA) is 29.5 Å². The summed E-state index contributed by atoms with van der Waals surface area (Å²) < 4.78 is 6.62. The summed E-state index contributed by atoms with van der Waals surface area (Å²) in [7, 11) is -1.73. The van der Waals surface area contributed by atoms with Gasteiger partial charge < -0.3 is 9.53 Å². The molecule has 0 rings (SSSR count). The van der Waals surface area contributed by atoms with Gasteiger partial charge in [0.25, 0.3) is 0 Å². The van der Waals surface area contributed by atoms with Crippen molar-refractivity contribution in [1.82, 2.24) is 0 Å². The highest BCUT2D eigenvalue weighted by Crippen LogP contribution is 2.42. The van der Waals surface area contributed by atoms with Gasteiger partial charge in [0.1, 0.15) is 0 Å². The van der Waals surface area contributed by atoms with E-state index < -0.39 is 8.32 Å². The second kappa shape index (κ2) is 22.1. The van der Waals surface area contributed by atoms with Crippen LogP contribution in [0.3, 0.4) is 0 Å². The zero-order valence-corrected chi connectivity index (χ0v) is 25.5. The van der Waals surface area contributed by atoms with E-state index in [0.717, 1.165) is 32.3 Å². The quantitative estimate of drug-likeness (QED) is 0.0817. The highest BCUT2D eigenvalue weighted by atomic mass is 28.4. The molecular formula is C31H64O2Si. The zero-order chi connectivity index (χ0) is 25.7. The Morgan fingerprint density at radius 1 is 0.618 bits per heavy atom. The number of unbranched alkanes of at least 4 members (excludes halogenated alkanes) is 14. The van der Waals surface area contributed by atoms with Crippen molar-refractivity contribution in [2.75, 3.05) is 6.61 Å². The Hall–Kier alpha value is -0.123. The van der Waals surface area contributed by atoms with Gasteiger partial charge in [0.2, 0.25) is 0 Å². The van der Waals surface area contributed by atoms with Gasteiger partial charge in [-0.2, -0.15) is 0 Å². The lowest BCUT2D eigenvalue weighted by atomic mass is 10.0. The molecule has 1 atom stereocenters. The van der Waals surface area contributed by atoms with E-state index in [1.165, 1.54) is 83.5 Å². The highest BCUT2D eigenvalue weighted by Gasteiger charge is 2.44. The van der Waals surface area contributed by atoms with Crippen LogP contribution in [0.4, 0.5) is 0 Å². The summed E-state index contributed by atoms with van der Waals surface area (Å²) in [4.78, 5) is 0. The summed E-state index contributed by atoms with van der Waals surface area (Å²) >= 11 is 0. The van der Waals surface area contributed by atoms with Crippen molar-refractivity contribution in [3.8, 4) is 0 Å². The largest absolute Gasteiger partial charge is 0.416 e. The molecule has 0 saturated carbocycles. The molecule has 0 fully saturated rings. The monoisotopic (exact) mass is 496 g/mol. The van der Waals surface area contributed by atoms with Gasteiger partial charge in [0.15, 0.2) is 8.32 Å². The van der Waals surface area contributed by atoms with Gasteiger partial charge in [0.05, 0.1) is 6.10 Å². The molecule has 0 radical (unpaired) electrons. The molecule has 1 N–H and O–H groups in total. The summed E-state index contributed by atoms with van der Waals surface area (Å²) in [5.74, 6) is 0. The van der Waals surface area contributed by atoms with Crippen LogP contribution in [0.15, 0.2) is 12.2 Å². The van der Waals surface area contributed by atoms with Gasteiger partial charge in [-0.15, -0.1) is 0 Å². The van der Waals surface area contributed by atoms with E-state index in [1.807, 2.05) is 6.08 Å². The lowest BCUT2D eigenvalue weighted by Crippen LogP contribution is -2.47. The molecule has 0 aliphatic rings. The molecule has 3 heteroatoms. The number of allylic oxidation sites excluding steroid dienone is 1. The third-order valence-corrected chi connectivity index (χ3v) is 13.9. The van der Waals surface area contributed by atoms with E-state index in [9.17, 15) is 5.11 Å². The second-order valence-corrected chi connectivity index (χ2v) is 17.1. The van der Waals surface area contributed by atoms with Crippen LogP contribution in [-0.4, -0.2) is 26.1 Å². The number of hydrogen-bond donors (Lipinski definition) is 1. The predicted molar refractivity (Wildman–Crippen MR) is 156 cm³/mol. The second-order valence-electron chi connectivity index (χ2n) is 11.7. The number of aliphatic hydroxyl groups is 1. The first-order valence-electron chi connectivity index (χ1n) is 15.3. The minimum Gasteiger partial charge on any atom is -0.416 e. The summed E-state index contributed by atoms with van der Waals surface area (Å²) in [5.41, 5.74) is 1.94. The molecule has 0 aromatic carbocycles. The fraction of sp³-hybridized carbons (Fsp3) is 0.935. The van der Waals surface area contributed by atoms with Crippen molar-refractivity contribution in [2.45, 2.75) is 180 Å². The summed E-state index contributed by atoms with van der Waals surface area (Å²) in [6.45, 7) is 17.2. The fourth-order valence-electron chi connectivity index (χ4n) is 5.85. The third kappa shape index (κ3) is 15.8. The first-order valence-corrected chi connectivity index (χ1v) is 17.4. The Balaban J connectivity index is 3.66. The first kappa shape index (κ1) is 33.9. The lowest BCUT2D eigenvalue weighted by molar-refractivity contribution is 0.207. The molecule has 0 aromatic rings. The van der Waals surface area contributed by atoms with Crippen LogP contribution >= 0.6 is 0 Å². The molecule has 0 aliphatic heterocycles. The van der Waals surface area contributed by atoms with Crippen LogP contribution in [-0.2, 0) is 4.43 Å². The van der Waals surface area contributed by atoms with Crippen LogP contribution in [0.5, 0.6) is 0 Å². The van der Waals surface area contributed by atoms with Crippen LogP contribution in [0.2, 0.25) is 16.6 Å². The summed E-state index contributed by atoms with van der Waals surface area (Å²) in [6.07, 6.45) is 26.2. The SMILES string of the molecule is CCCCCCCCCCCCCCCC[C@H](O)/C=C\CCCO[Si](C(C)C)(C(C)C)C(C)C. The van der Waals surface area contributed by atoms with E-state index in [-0.39, 0.29) is 6.10 Å². The van der Waals surface area contributed by atoms with Crippen LogP contribution in [0, 0.1) is 0 Å². The summed E-state index contributed by atoms with van der Waals surface area (Å²) in [6, 6.07) is 0. The average molecular weight is 497 g/mol. The Bertz CT molecular complexity index is 437. The van der Waals surface area contributed by atoms with Crippen LogP contribution in [0.25, 0.3) is 0 Å². The minimum absolute atomic E-state index is 0.270. The molecule has 0 aromatic heterocycles. The maximum atomic E-state index is 10.2. The minimum atomic E-state index is -1.73. The van der Waals surface area contributed by atoms with Gasteiger partial charge in [-0.25, -0.2) is 0 Å². The van der Waals surface area contributed by atoms with Crippen molar-refractivity contribution >= 4 is 8.32 Å². The molecule has 34 heavy (non-hydrogen) atoms. The van der Waals surface area contributed by atoms with Crippen LogP contribution in [0.1, 0.15) is 158 Å². The Morgan fingerprint density at radius 3 is 1.44 bits per heavy atom. The maximum Gasteiger partial charge on any atom is 0.200 e. The fourth-order valence-corrected chi connectivity index (χ4v) is 11.3. The van der Waals surface area contributed by atoms with Crippen molar-refractivity contribution in [3.05, 3.63) is 12.2 Å². The predicted octanol–water partition coefficient (Wildman–Crippen LogP) is 10.7. The molecule has 0 aliphatic carbocycles. The van der Waals surface area contributed by atoms with Gasteiger partial charge in [-0.05, 0) is 35.9 Å². The van der Waals surface area contributed by atoms with E-state index in [2.05, 4.69) is 54.5 Å². The molecular weight excluding hydrogens is 432 g/mol. The molecule has 2 nitrogen and oxygen atoms in total. The molecule has 0 heterocycles. The van der Waals surface area contributed by atoms with Crippen molar-refractivity contribution < 1.29 is 9.53 Å². The highest BCUT2D eigenvalue weighted by molar-refractivity contribution is 6.77. The Morgan fingerprint density at radius 2 is 1.03 bits per heavy atom. The van der Waals surface area contributed by atoms with Gasteiger partial charge >= 0.3 is 0 Å². The molecule has 0 spiro atoms. The standard InChI is InChI=1S/C31H64O2Si/c1-8-9-10-11-12-13-14-15-16-17-18-19-20-22-25-31(32)26-23-21-24-27-33-34(28(2)3,29(4)5)30(6)7/h23,26,28-32H,8-22,24-25,27H2,1-7H3/b26-23-/t31-/m0/s1. The Labute approximate surface area is 216 Å². The van der Waals surface area contributed by atoms with Crippen molar-refractivity contribution in [3.63, 3.8) is 0 Å². The maximum absolute atomic E-state index is 10.2. The van der Waals surface area contributed by atoms with Gasteiger partial charge in [-0.1, -0.05) is 151 Å². The molecule has 0 unspecified atom stereocenters. The van der Waals surface area contributed by atoms with E-state index in [1.54, 1.807) is 0 Å². The van der Waals surface area contributed by atoms with E-state index in [4.69, 9.17) is 4.43 Å². The smallest absolute Gasteiger partial charge is 0.200 e. The third-order valence-electron chi connectivity index (χ3n) is 7.79. The first-order chi connectivity index (χ1) is 16.3. The number of aliphatic hydroxyl groups excluding tert-OH is 1. The van der Waals surface area contributed by atoms with E-state index in [0.29, 0.717) is 16.6 Å². The number of rotatable bonds is 24. The van der Waals surface area contributed by atoms with Crippen molar-refractivity contribution in [2.24, 2.45) is 0 Å². The summed E-state index contributed by atoms with van der Waals surface area (Å²) in [5, 5.41) is 10.2. The zero-order valence-electron chi connectivity index (χ0n) is 24.5. The number of hydrogen-bond acceptors (Lipinski definition) is 2. The molecule has 204 valence electrons. The van der Waals surface area contributed by atoms with Gasteiger partial charge in [0, 0.05) is 6.61 Å². The van der Waals surface area contributed by atoms with Gasteiger partial charge in [-0.3, -0.25) is 0 Å². The lowest BCUT2D eigenvalue weighted by Gasteiger charge is -2.42. The normalized spacial score (nSPS) is 13.7. The van der Waals surface area contributed by atoms with Crippen LogP contribution < -0.4 is 0 Å². The molecule has 0 bridgehead atoms. The average Bonchev–Trinajstić information content (AvgIpc) is 2.78. The Kier molecular flexibility index (Phi) is 22.0.